The van der Waals surface area contributed by atoms with E-state index in [2.05, 4.69) is 0 Å². The van der Waals surface area contributed by atoms with Crippen LogP contribution in [0, 0.1) is 0 Å². The van der Waals surface area contributed by atoms with Gasteiger partial charge in [0.1, 0.15) is 19.2 Å². The van der Waals surface area contributed by atoms with Crippen molar-refractivity contribution < 1.29 is 38.2 Å². The van der Waals surface area contributed by atoms with Crippen molar-refractivity contribution in [1.29, 1.82) is 0 Å². The van der Waals surface area contributed by atoms with E-state index in [-0.39, 0.29) is 41.1 Å². The third-order valence-corrected chi connectivity index (χ3v) is 6.32. The number of nitrogens with zero attached hydrogens (tertiary/aromatic N) is 2. The van der Waals surface area contributed by atoms with Crippen LogP contribution in [0.5, 0.6) is 0 Å². The molecule has 2 aliphatic heterocycles. The number of carbonyl (C=O) groups excluding carboxylic acids is 6. The van der Waals surface area contributed by atoms with Crippen molar-refractivity contribution in [2.24, 2.45) is 0 Å². The van der Waals surface area contributed by atoms with E-state index < -0.39 is 60.5 Å². The first kappa shape index (κ1) is 24.1. The number of fused-ring (bicyclic) bond motifs is 1. The van der Waals surface area contributed by atoms with Crippen molar-refractivity contribution in [3.63, 3.8) is 0 Å². The van der Waals surface area contributed by atoms with Gasteiger partial charge in [-0.1, -0.05) is 18.2 Å². The molecule has 1 saturated heterocycles. The van der Waals surface area contributed by atoms with E-state index in [4.69, 9.17) is 9.47 Å². The van der Waals surface area contributed by atoms with Gasteiger partial charge in [0.2, 0.25) is 17.6 Å². The highest BCUT2D eigenvalue weighted by Gasteiger charge is 2.53. The molecule has 0 N–H and O–H groups in total. The van der Waals surface area contributed by atoms with E-state index >= 15 is 0 Å². The van der Waals surface area contributed by atoms with Crippen LogP contribution in [0.2, 0.25) is 0 Å². The van der Waals surface area contributed by atoms with E-state index in [0.29, 0.717) is 0 Å². The Morgan fingerprint density at radius 2 is 1.74 bits per heavy atom. The van der Waals surface area contributed by atoms with Gasteiger partial charge in [0.25, 0.3) is 5.91 Å². The minimum Gasteiger partial charge on any atom is -0.489 e. The van der Waals surface area contributed by atoms with E-state index in [9.17, 15) is 28.8 Å². The number of allylic oxidation sites excluding steroid dienone is 2. The standard InChI is InChI=1S/C25H24N2O8/c1-4-34-23-13(2)21(30)20-16(22(23)31)10-17-24(32)26(14(3)28)11-19(29)27(17)18(20)12-35-25(33)15-8-6-5-7-9-15/h5-9,17-18H,4,10-12H2,1-3H3/t17-,18-/m0/s1. The number of ether oxygens (including phenoxy) is 2. The van der Waals surface area contributed by atoms with Crippen LogP contribution in [0.1, 0.15) is 37.6 Å². The maximum absolute atomic E-state index is 13.4. The summed E-state index contributed by atoms with van der Waals surface area (Å²) in [7, 11) is 0. The molecule has 0 bridgehead atoms. The molecule has 182 valence electrons. The van der Waals surface area contributed by atoms with Gasteiger partial charge in [-0.2, -0.15) is 0 Å². The highest BCUT2D eigenvalue weighted by Crippen LogP contribution is 2.39. The smallest absolute Gasteiger partial charge is 0.338 e. The average Bonchev–Trinajstić information content (AvgIpc) is 2.85. The molecule has 0 unspecified atom stereocenters. The Hall–Kier alpha value is -4.08. The predicted molar refractivity (Wildman–Crippen MR) is 120 cm³/mol. The Kier molecular flexibility index (Phi) is 6.38. The van der Waals surface area contributed by atoms with E-state index in [1.807, 2.05) is 0 Å². The fourth-order valence-corrected chi connectivity index (χ4v) is 4.66. The van der Waals surface area contributed by atoms with E-state index in [0.717, 1.165) is 4.90 Å². The molecule has 1 aromatic rings. The second-order valence-corrected chi connectivity index (χ2v) is 8.38. The first-order valence-corrected chi connectivity index (χ1v) is 11.2. The number of piperazine rings is 1. The Balaban J connectivity index is 1.76. The zero-order valence-corrected chi connectivity index (χ0v) is 19.5. The summed E-state index contributed by atoms with van der Waals surface area (Å²) < 4.78 is 10.9. The number of hydrogen-bond donors (Lipinski definition) is 0. The lowest BCUT2D eigenvalue weighted by Gasteiger charge is -2.47. The quantitative estimate of drug-likeness (QED) is 0.450. The van der Waals surface area contributed by atoms with Gasteiger partial charge in [-0.25, -0.2) is 4.79 Å². The summed E-state index contributed by atoms with van der Waals surface area (Å²) in [4.78, 5) is 79.5. The molecular formula is C25H24N2O8. The Bertz CT molecular complexity index is 1210. The molecule has 0 aromatic heterocycles. The largest absolute Gasteiger partial charge is 0.489 e. The van der Waals surface area contributed by atoms with Crippen LogP contribution >= 0.6 is 0 Å². The first-order chi connectivity index (χ1) is 16.7. The molecule has 0 spiro atoms. The average molecular weight is 480 g/mol. The molecule has 10 nitrogen and oxygen atoms in total. The third kappa shape index (κ3) is 4.05. The van der Waals surface area contributed by atoms with Crippen molar-refractivity contribution >= 4 is 35.3 Å². The molecule has 2 heterocycles. The van der Waals surface area contributed by atoms with Crippen molar-refractivity contribution in [2.45, 2.75) is 39.3 Å². The molecule has 35 heavy (non-hydrogen) atoms. The van der Waals surface area contributed by atoms with Crippen LogP contribution in [0.15, 0.2) is 52.8 Å². The van der Waals surface area contributed by atoms with Gasteiger partial charge in [-0.3, -0.25) is 28.9 Å². The summed E-state index contributed by atoms with van der Waals surface area (Å²) in [6.45, 7) is 3.49. The van der Waals surface area contributed by atoms with Crippen molar-refractivity contribution in [3.8, 4) is 0 Å². The second kappa shape index (κ2) is 9.28. The molecule has 3 aliphatic rings. The molecular weight excluding hydrogens is 456 g/mol. The number of carbonyl (C=O) groups is 6. The number of imide groups is 1. The molecule has 1 fully saturated rings. The van der Waals surface area contributed by atoms with Crippen LogP contribution in [0.4, 0.5) is 0 Å². The van der Waals surface area contributed by atoms with Crippen molar-refractivity contribution in [2.75, 3.05) is 19.8 Å². The molecule has 3 amide bonds. The first-order valence-electron chi connectivity index (χ1n) is 11.2. The lowest BCUT2D eigenvalue weighted by molar-refractivity contribution is -0.164. The zero-order valence-electron chi connectivity index (χ0n) is 19.5. The maximum Gasteiger partial charge on any atom is 0.338 e. The fraction of sp³-hybridized carbons (Fsp3) is 0.360. The molecule has 2 atom stereocenters. The number of amides is 3. The summed E-state index contributed by atoms with van der Waals surface area (Å²) in [5, 5.41) is 0. The SMILES string of the molecule is CCOC1=C(C)C(=O)C2=C(C[C@H]3C(=O)N(C(C)=O)CC(=O)N3[C@H]2COC(=O)c2ccccc2)C1=O. The predicted octanol–water partition coefficient (Wildman–Crippen LogP) is 0.961. The number of ketones is 2. The maximum atomic E-state index is 13.4. The number of benzene rings is 1. The van der Waals surface area contributed by atoms with Crippen LogP contribution in [-0.4, -0.2) is 76.9 Å². The van der Waals surface area contributed by atoms with Crippen LogP contribution in [-0.2, 0) is 33.4 Å². The highest BCUT2D eigenvalue weighted by molar-refractivity contribution is 6.25. The minimum absolute atomic E-state index is 0.00508. The Morgan fingerprint density at radius 3 is 2.37 bits per heavy atom. The zero-order chi connectivity index (χ0) is 25.4. The lowest BCUT2D eigenvalue weighted by atomic mass is 9.77. The summed E-state index contributed by atoms with van der Waals surface area (Å²) >= 11 is 0. The molecule has 0 saturated carbocycles. The summed E-state index contributed by atoms with van der Waals surface area (Å²) in [5.74, 6) is -3.72. The van der Waals surface area contributed by atoms with Gasteiger partial charge in [0.05, 0.1) is 18.2 Å². The fourth-order valence-electron chi connectivity index (χ4n) is 4.66. The van der Waals surface area contributed by atoms with Gasteiger partial charge in [0, 0.05) is 30.1 Å². The molecule has 0 radical (unpaired) electrons. The molecule has 4 rings (SSSR count). The number of hydrogen-bond acceptors (Lipinski definition) is 8. The highest BCUT2D eigenvalue weighted by atomic mass is 16.5. The summed E-state index contributed by atoms with van der Waals surface area (Å²) in [6, 6.07) is 5.78. The number of Topliss-reactive ketones (excluding diaryl/α,β-unsaturated/α-hetero) is 2. The lowest BCUT2D eigenvalue weighted by Crippen LogP contribution is -2.67. The topological polar surface area (TPSA) is 127 Å². The molecule has 10 heteroatoms. The van der Waals surface area contributed by atoms with Crippen LogP contribution < -0.4 is 0 Å². The number of rotatable bonds is 5. The number of esters is 1. The van der Waals surface area contributed by atoms with Crippen LogP contribution in [0.25, 0.3) is 0 Å². The van der Waals surface area contributed by atoms with Gasteiger partial charge in [0.15, 0.2) is 11.5 Å². The Morgan fingerprint density at radius 1 is 1.06 bits per heavy atom. The van der Waals surface area contributed by atoms with Gasteiger partial charge in [-0.05, 0) is 26.0 Å². The summed E-state index contributed by atoms with van der Waals surface area (Å²) in [6.07, 6.45) is -0.249. The van der Waals surface area contributed by atoms with E-state index in [1.54, 1.807) is 37.3 Å². The molecule has 1 aliphatic carbocycles. The van der Waals surface area contributed by atoms with Gasteiger partial charge >= 0.3 is 5.97 Å². The summed E-state index contributed by atoms with van der Waals surface area (Å²) in [5.41, 5.74) is 0.372. The van der Waals surface area contributed by atoms with Crippen molar-refractivity contribution in [1.82, 2.24) is 9.80 Å². The minimum atomic E-state index is -1.20. The van der Waals surface area contributed by atoms with Gasteiger partial charge < -0.3 is 14.4 Å². The van der Waals surface area contributed by atoms with E-state index in [1.165, 1.54) is 18.7 Å². The van der Waals surface area contributed by atoms with Crippen molar-refractivity contribution in [3.05, 3.63) is 58.4 Å². The van der Waals surface area contributed by atoms with Crippen LogP contribution in [0.3, 0.4) is 0 Å². The second-order valence-electron chi connectivity index (χ2n) is 8.38. The third-order valence-electron chi connectivity index (χ3n) is 6.32. The van der Waals surface area contributed by atoms with Gasteiger partial charge in [-0.15, -0.1) is 0 Å². The monoisotopic (exact) mass is 480 g/mol. The normalized spacial score (nSPS) is 22.3. The molecule has 1 aromatic carbocycles. The Labute approximate surface area is 201 Å².